The van der Waals surface area contributed by atoms with Gasteiger partial charge in [-0.3, -0.25) is 0 Å². The Labute approximate surface area is 141 Å². The van der Waals surface area contributed by atoms with Crippen molar-refractivity contribution in [1.29, 1.82) is 0 Å². The second-order valence-corrected chi connectivity index (χ2v) is 7.43. The Bertz CT molecular complexity index is 236. The first-order valence-corrected chi connectivity index (χ1v) is 10.1. The van der Waals surface area contributed by atoms with Crippen LogP contribution in [0.25, 0.3) is 0 Å². The standard InChI is InChI=1S/C21H44N/c1-5-8-10-12-14-16-18-21-22(4,19-7-3)20-17-15-13-11-9-6-2/h7H,3,5-6,8-21H2,1-2,4H3/q+1. The lowest BCUT2D eigenvalue weighted by molar-refractivity contribution is -0.904. The summed E-state index contributed by atoms with van der Waals surface area (Å²) in [6.45, 7) is 12.4. The molecule has 0 N–H and O–H groups in total. The molecule has 0 fully saturated rings. The van der Waals surface area contributed by atoms with Crippen LogP contribution in [0.15, 0.2) is 12.7 Å². The van der Waals surface area contributed by atoms with Crippen molar-refractivity contribution in [2.24, 2.45) is 0 Å². The molecule has 0 aliphatic rings. The molecule has 132 valence electrons. The zero-order valence-corrected chi connectivity index (χ0v) is 16.0. The molecular weight excluding hydrogens is 266 g/mol. The van der Waals surface area contributed by atoms with Gasteiger partial charge >= 0.3 is 0 Å². The topological polar surface area (TPSA) is 0 Å². The van der Waals surface area contributed by atoms with Gasteiger partial charge in [0.2, 0.25) is 0 Å². The van der Waals surface area contributed by atoms with Gasteiger partial charge in [0, 0.05) is 0 Å². The quantitative estimate of drug-likeness (QED) is 0.159. The first-order valence-electron chi connectivity index (χ1n) is 10.1. The molecule has 22 heavy (non-hydrogen) atoms. The zero-order valence-electron chi connectivity index (χ0n) is 16.0. The van der Waals surface area contributed by atoms with Gasteiger partial charge in [0.1, 0.15) is 0 Å². The van der Waals surface area contributed by atoms with Gasteiger partial charge in [-0.15, -0.1) is 0 Å². The van der Waals surface area contributed by atoms with Crippen molar-refractivity contribution in [3.05, 3.63) is 12.7 Å². The van der Waals surface area contributed by atoms with E-state index in [-0.39, 0.29) is 0 Å². The van der Waals surface area contributed by atoms with Crippen LogP contribution >= 0.6 is 0 Å². The fourth-order valence-corrected chi connectivity index (χ4v) is 3.33. The van der Waals surface area contributed by atoms with Crippen LogP contribution in [0.5, 0.6) is 0 Å². The molecule has 0 heterocycles. The van der Waals surface area contributed by atoms with Crippen LogP contribution in [-0.2, 0) is 0 Å². The third-order valence-electron chi connectivity index (χ3n) is 4.92. The molecule has 0 aromatic carbocycles. The predicted octanol–water partition coefficient (Wildman–Crippen LogP) is 6.73. The largest absolute Gasteiger partial charge is 0.323 e. The highest BCUT2D eigenvalue weighted by Gasteiger charge is 2.18. The molecule has 1 heteroatoms. The van der Waals surface area contributed by atoms with Crippen LogP contribution in [0.2, 0.25) is 0 Å². The lowest BCUT2D eigenvalue weighted by Gasteiger charge is -2.34. The maximum Gasteiger partial charge on any atom is 0.0969 e. The van der Waals surface area contributed by atoms with Crippen molar-refractivity contribution in [3.63, 3.8) is 0 Å². The Morgan fingerprint density at radius 3 is 1.36 bits per heavy atom. The molecule has 1 atom stereocenters. The molecule has 0 aromatic heterocycles. The summed E-state index contributed by atoms with van der Waals surface area (Å²) in [5.74, 6) is 0. The number of unbranched alkanes of at least 4 members (excludes halogenated alkanes) is 11. The lowest BCUT2D eigenvalue weighted by atomic mass is 10.1. The van der Waals surface area contributed by atoms with E-state index in [1.165, 1.54) is 101 Å². The molecule has 0 amide bonds. The van der Waals surface area contributed by atoms with E-state index in [2.05, 4.69) is 33.6 Å². The van der Waals surface area contributed by atoms with Gasteiger partial charge in [-0.1, -0.05) is 78.2 Å². The molecular formula is C21H44N+. The fraction of sp³-hybridized carbons (Fsp3) is 0.905. The molecule has 0 bridgehead atoms. The van der Waals surface area contributed by atoms with E-state index in [1.807, 2.05) is 0 Å². The average Bonchev–Trinajstić information content (AvgIpc) is 2.50. The van der Waals surface area contributed by atoms with E-state index in [0.29, 0.717) is 0 Å². The Morgan fingerprint density at radius 1 is 0.636 bits per heavy atom. The maximum atomic E-state index is 3.98. The molecule has 0 saturated heterocycles. The first-order chi connectivity index (χ1) is 10.7. The lowest BCUT2D eigenvalue weighted by Crippen LogP contribution is -2.45. The number of quaternary nitrogens is 1. The van der Waals surface area contributed by atoms with Crippen LogP contribution in [0.3, 0.4) is 0 Å². The third-order valence-corrected chi connectivity index (χ3v) is 4.92. The van der Waals surface area contributed by atoms with Crippen LogP contribution in [0.4, 0.5) is 0 Å². The molecule has 1 nitrogen and oxygen atoms in total. The van der Waals surface area contributed by atoms with Crippen molar-refractivity contribution >= 4 is 0 Å². The first kappa shape index (κ1) is 21.7. The van der Waals surface area contributed by atoms with Crippen molar-refractivity contribution in [2.45, 2.75) is 97.3 Å². The Hall–Kier alpha value is -0.300. The summed E-state index contributed by atoms with van der Waals surface area (Å²) in [5.41, 5.74) is 0. The average molecular weight is 311 g/mol. The van der Waals surface area contributed by atoms with Gasteiger partial charge in [-0.2, -0.15) is 0 Å². The highest BCUT2D eigenvalue weighted by molar-refractivity contribution is 4.65. The van der Waals surface area contributed by atoms with Gasteiger partial charge in [0.15, 0.2) is 0 Å². The number of likely N-dealkylation sites (N-methyl/N-ethyl adjacent to an activating group) is 1. The van der Waals surface area contributed by atoms with Gasteiger partial charge in [0.05, 0.1) is 26.7 Å². The minimum Gasteiger partial charge on any atom is -0.323 e. The molecule has 0 aromatic rings. The monoisotopic (exact) mass is 310 g/mol. The normalized spacial score (nSPS) is 14.0. The van der Waals surface area contributed by atoms with E-state index in [0.717, 1.165) is 6.54 Å². The van der Waals surface area contributed by atoms with Gasteiger partial charge in [-0.05, 0) is 31.8 Å². The number of rotatable bonds is 17. The van der Waals surface area contributed by atoms with Gasteiger partial charge < -0.3 is 4.48 Å². The maximum absolute atomic E-state index is 3.98. The second kappa shape index (κ2) is 15.6. The Kier molecular flexibility index (Phi) is 15.4. The Morgan fingerprint density at radius 2 is 1.00 bits per heavy atom. The smallest absolute Gasteiger partial charge is 0.0969 e. The summed E-state index contributed by atoms with van der Waals surface area (Å²) < 4.78 is 1.21. The van der Waals surface area contributed by atoms with Crippen molar-refractivity contribution in [1.82, 2.24) is 0 Å². The highest BCUT2D eigenvalue weighted by atomic mass is 15.3. The van der Waals surface area contributed by atoms with Crippen molar-refractivity contribution in [3.8, 4) is 0 Å². The summed E-state index contributed by atoms with van der Waals surface area (Å²) in [4.78, 5) is 0. The second-order valence-electron chi connectivity index (χ2n) is 7.43. The van der Waals surface area contributed by atoms with Crippen LogP contribution in [-0.4, -0.2) is 31.2 Å². The Balaban J connectivity index is 3.73. The third kappa shape index (κ3) is 13.4. The summed E-state index contributed by atoms with van der Waals surface area (Å²) in [6, 6.07) is 0. The van der Waals surface area contributed by atoms with E-state index in [9.17, 15) is 0 Å². The summed E-state index contributed by atoms with van der Waals surface area (Å²) in [5, 5.41) is 0. The number of nitrogens with zero attached hydrogens (tertiary/aromatic N) is 1. The predicted molar refractivity (Wildman–Crippen MR) is 102 cm³/mol. The number of hydrogen-bond acceptors (Lipinski definition) is 0. The molecule has 0 rings (SSSR count). The van der Waals surface area contributed by atoms with E-state index < -0.39 is 0 Å². The molecule has 1 unspecified atom stereocenters. The van der Waals surface area contributed by atoms with E-state index >= 15 is 0 Å². The summed E-state index contributed by atoms with van der Waals surface area (Å²) in [6.07, 6.45) is 20.5. The molecule has 0 spiro atoms. The zero-order chi connectivity index (χ0) is 16.5. The molecule has 0 saturated carbocycles. The van der Waals surface area contributed by atoms with E-state index in [1.54, 1.807) is 0 Å². The summed E-state index contributed by atoms with van der Waals surface area (Å²) in [7, 11) is 2.44. The molecule has 0 aliphatic heterocycles. The summed E-state index contributed by atoms with van der Waals surface area (Å²) >= 11 is 0. The van der Waals surface area contributed by atoms with Crippen LogP contribution < -0.4 is 0 Å². The van der Waals surface area contributed by atoms with Crippen molar-refractivity contribution in [2.75, 3.05) is 26.7 Å². The van der Waals surface area contributed by atoms with Crippen LogP contribution in [0, 0.1) is 0 Å². The van der Waals surface area contributed by atoms with Crippen LogP contribution in [0.1, 0.15) is 97.3 Å². The van der Waals surface area contributed by atoms with E-state index in [4.69, 9.17) is 0 Å². The minimum absolute atomic E-state index is 1.14. The molecule has 0 radical (unpaired) electrons. The SMILES string of the molecule is C=CC[N+](C)(CCCCCCCC)CCCCCCCCC. The minimum atomic E-state index is 1.14. The van der Waals surface area contributed by atoms with Crippen molar-refractivity contribution < 1.29 is 4.48 Å². The molecule has 0 aliphatic carbocycles. The van der Waals surface area contributed by atoms with Gasteiger partial charge in [-0.25, -0.2) is 0 Å². The number of hydrogen-bond donors (Lipinski definition) is 0. The highest BCUT2D eigenvalue weighted by Crippen LogP contribution is 2.13. The fourth-order valence-electron chi connectivity index (χ4n) is 3.33. The van der Waals surface area contributed by atoms with Gasteiger partial charge in [0.25, 0.3) is 0 Å².